The Balaban J connectivity index is 1.70. The van der Waals surface area contributed by atoms with Crippen molar-refractivity contribution in [1.82, 2.24) is 14.9 Å². The smallest absolute Gasteiger partial charge is 0.262 e. The Hall–Kier alpha value is -2.67. The number of hydrogen-bond donors (Lipinski definition) is 1. The van der Waals surface area contributed by atoms with E-state index in [1.54, 1.807) is 35.8 Å². The number of fused-ring (bicyclic) bond motifs is 1. The Bertz CT molecular complexity index is 1070. The van der Waals surface area contributed by atoms with Gasteiger partial charge in [0.15, 0.2) is 5.16 Å². The summed E-state index contributed by atoms with van der Waals surface area (Å²) in [5.74, 6) is -0.284. The number of rotatable bonds is 7. The molecular weight excluding hydrogens is 377 g/mol. The zero-order chi connectivity index (χ0) is 20.1. The lowest BCUT2D eigenvalue weighted by atomic mass is 10.1. The van der Waals surface area contributed by atoms with Gasteiger partial charge in [-0.3, -0.25) is 14.2 Å². The van der Waals surface area contributed by atoms with E-state index in [9.17, 15) is 14.0 Å². The number of nitrogens with one attached hydrogen (secondary N) is 1. The number of nitrogens with zero attached hydrogens (tertiary/aromatic N) is 2. The van der Waals surface area contributed by atoms with Gasteiger partial charge >= 0.3 is 0 Å². The lowest BCUT2D eigenvalue weighted by Gasteiger charge is -2.12. The molecule has 0 fully saturated rings. The molecule has 0 aliphatic rings. The fourth-order valence-corrected chi connectivity index (χ4v) is 3.73. The summed E-state index contributed by atoms with van der Waals surface area (Å²) in [5.41, 5.74) is 1.93. The highest BCUT2D eigenvalue weighted by Crippen LogP contribution is 2.18. The Kier molecular flexibility index (Phi) is 6.46. The van der Waals surface area contributed by atoms with Crippen molar-refractivity contribution in [3.05, 3.63) is 69.8 Å². The van der Waals surface area contributed by atoms with Gasteiger partial charge in [0.1, 0.15) is 5.82 Å². The highest BCUT2D eigenvalue weighted by molar-refractivity contribution is 7.99. The van der Waals surface area contributed by atoms with Crippen LogP contribution in [0.2, 0.25) is 0 Å². The van der Waals surface area contributed by atoms with Crippen molar-refractivity contribution in [3.8, 4) is 0 Å². The van der Waals surface area contributed by atoms with Crippen LogP contribution in [0.25, 0.3) is 10.9 Å². The van der Waals surface area contributed by atoms with Gasteiger partial charge in [-0.2, -0.15) is 0 Å². The lowest BCUT2D eigenvalue weighted by Crippen LogP contribution is -2.26. The largest absolute Gasteiger partial charge is 0.351 e. The van der Waals surface area contributed by atoms with Gasteiger partial charge in [0.2, 0.25) is 5.91 Å². The van der Waals surface area contributed by atoms with Crippen molar-refractivity contribution in [2.45, 2.75) is 38.5 Å². The first-order valence-corrected chi connectivity index (χ1v) is 10.1. The summed E-state index contributed by atoms with van der Waals surface area (Å²) in [6.45, 7) is 4.56. The first-order valence-electron chi connectivity index (χ1n) is 9.13. The molecule has 28 heavy (non-hydrogen) atoms. The molecule has 7 heteroatoms. The molecule has 0 saturated carbocycles. The van der Waals surface area contributed by atoms with Crippen LogP contribution < -0.4 is 10.9 Å². The minimum absolute atomic E-state index is 0.0860. The number of benzene rings is 2. The number of halogens is 1. The van der Waals surface area contributed by atoms with Gasteiger partial charge in [0.25, 0.3) is 5.56 Å². The molecule has 1 aromatic heterocycles. The summed E-state index contributed by atoms with van der Waals surface area (Å²) >= 11 is 1.24. The second-order valence-corrected chi connectivity index (χ2v) is 7.46. The SMILES string of the molecule is CCCn1c(SCC(=O)NCc2ccc(F)c(C)c2)nc2ccccc2c1=O. The number of hydrogen-bond acceptors (Lipinski definition) is 4. The Morgan fingerprint density at radius 3 is 2.79 bits per heavy atom. The second-order valence-electron chi connectivity index (χ2n) is 6.52. The third-order valence-corrected chi connectivity index (χ3v) is 5.29. The molecule has 0 radical (unpaired) electrons. The molecule has 2 aromatic carbocycles. The minimum Gasteiger partial charge on any atom is -0.351 e. The molecule has 5 nitrogen and oxygen atoms in total. The normalized spacial score (nSPS) is 11.0. The average molecular weight is 399 g/mol. The molecule has 0 bridgehead atoms. The molecule has 3 aromatic rings. The minimum atomic E-state index is -0.262. The van der Waals surface area contributed by atoms with Crippen molar-refractivity contribution >= 4 is 28.6 Å². The van der Waals surface area contributed by atoms with Gasteiger partial charge in [-0.15, -0.1) is 0 Å². The molecule has 1 N–H and O–H groups in total. The fourth-order valence-electron chi connectivity index (χ4n) is 2.88. The zero-order valence-corrected chi connectivity index (χ0v) is 16.7. The van der Waals surface area contributed by atoms with Crippen molar-refractivity contribution in [2.75, 3.05) is 5.75 Å². The van der Waals surface area contributed by atoms with Gasteiger partial charge < -0.3 is 5.32 Å². The molecule has 0 spiro atoms. The average Bonchev–Trinajstić information content (AvgIpc) is 2.70. The van der Waals surface area contributed by atoms with E-state index in [0.717, 1.165) is 12.0 Å². The summed E-state index contributed by atoms with van der Waals surface area (Å²) in [6, 6.07) is 12.0. The van der Waals surface area contributed by atoms with E-state index in [2.05, 4.69) is 10.3 Å². The van der Waals surface area contributed by atoms with Crippen molar-refractivity contribution in [1.29, 1.82) is 0 Å². The van der Waals surface area contributed by atoms with Crippen LogP contribution in [0.15, 0.2) is 52.4 Å². The molecule has 3 rings (SSSR count). The first kappa shape index (κ1) is 20.1. The van der Waals surface area contributed by atoms with Gasteiger partial charge in [-0.25, -0.2) is 9.37 Å². The van der Waals surface area contributed by atoms with Gasteiger partial charge in [-0.05, 0) is 42.7 Å². The molecule has 0 aliphatic carbocycles. The topological polar surface area (TPSA) is 64.0 Å². The van der Waals surface area contributed by atoms with E-state index in [1.807, 2.05) is 19.1 Å². The summed E-state index contributed by atoms with van der Waals surface area (Å²) in [5, 5.41) is 3.94. The van der Waals surface area contributed by atoms with E-state index in [4.69, 9.17) is 0 Å². The Morgan fingerprint density at radius 1 is 1.25 bits per heavy atom. The van der Waals surface area contributed by atoms with Crippen LogP contribution in [-0.2, 0) is 17.9 Å². The Morgan fingerprint density at radius 2 is 2.04 bits per heavy atom. The third-order valence-electron chi connectivity index (χ3n) is 4.32. The molecule has 0 atom stereocenters. The van der Waals surface area contributed by atoms with Crippen LogP contribution in [0.1, 0.15) is 24.5 Å². The maximum Gasteiger partial charge on any atom is 0.262 e. The number of aryl methyl sites for hydroxylation is 1. The van der Waals surface area contributed by atoms with E-state index in [0.29, 0.717) is 34.7 Å². The van der Waals surface area contributed by atoms with Crippen LogP contribution in [0.5, 0.6) is 0 Å². The second kappa shape index (κ2) is 9.01. The molecular formula is C21H22FN3O2S. The molecule has 0 unspecified atom stereocenters. The van der Waals surface area contributed by atoms with E-state index < -0.39 is 0 Å². The standard InChI is InChI=1S/C21H22FN3O2S/c1-3-10-25-20(27)16-6-4-5-7-18(16)24-21(25)28-13-19(26)23-12-15-8-9-17(22)14(2)11-15/h4-9,11H,3,10,12-13H2,1-2H3,(H,23,26). The third kappa shape index (κ3) is 4.59. The van der Waals surface area contributed by atoms with Crippen LogP contribution in [0.3, 0.4) is 0 Å². The number of aromatic nitrogens is 2. The number of thioether (sulfide) groups is 1. The summed E-state index contributed by atoms with van der Waals surface area (Å²) in [4.78, 5) is 29.5. The maximum absolute atomic E-state index is 13.3. The maximum atomic E-state index is 13.3. The number of carbonyl (C=O) groups excluding carboxylic acids is 1. The molecule has 146 valence electrons. The molecule has 0 aliphatic heterocycles. The zero-order valence-electron chi connectivity index (χ0n) is 15.9. The molecule has 1 heterocycles. The van der Waals surface area contributed by atoms with Crippen molar-refractivity contribution in [3.63, 3.8) is 0 Å². The summed E-state index contributed by atoms with van der Waals surface area (Å²) < 4.78 is 15.0. The molecule has 0 saturated heterocycles. The van der Waals surface area contributed by atoms with E-state index in [-0.39, 0.29) is 23.0 Å². The van der Waals surface area contributed by atoms with Crippen LogP contribution in [0, 0.1) is 12.7 Å². The highest BCUT2D eigenvalue weighted by atomic mass is 32.2. The van der Waals surface area contributed by atoms with Crippen LogP contribution >= 0.6 is 11.8 Å². The van der Waals surface area contributed by atoms with Crippen LogP contribution in [0.4, 0.5) is 4.39 Å². The highest BCUT2D eigenvalue weighted by Gasteiger charge is 2.12. The number of amides is 1. The Labute approximate surface area is 167 Å². The van der Waals surface area contributed by atoms with Gasteiger partial charge in [0.05, 0.1) is 16.7 Å². The predicted octanol–water partition coefficient (Wildman–Crippen LogP) is 3.66. The fraction of sp³-hybridized carbons (Fsp3) is 0.286. The number of para-hydroxylation sites is 1. The monoisotopic (exact) mass is 399 g/mol. The van der Waals surface area contributed by atoms with E-state index in [1.165, 1.54) is 17.8 Å². The van der Waals surface area contributed by atoms with Gasteiger partial charge in [-0.1, -0.05) is 43.0 Å². The molecule has 1 amide bonds. The van der Waals surface area contributed by atoms with E-state index >= 15 is 0 Å². The quantitative estimate of drug-likeness (QED) is 0.486. The van der Waals surface area contributed by atoms with Crippen molar-refractivity contribution < 1.29 is 9.18 Å². The van der Waals surface area contributed by atoms with Crippen molar-refractivity contribution in [2.24, 2.45) is 0 Å². The van der Waals surface area contributed by atoms with Crippen LogP contribution in [-0.4, -0.2) is 21.2 Å². The first-order chi connectivity index (χ1) is 13.5. The lowest BCUT2D eigenvalue weighted by molar-refractivity contribution is -0.118. The summed E-state index contributed by atoms with van der Waals surface area (Å²) in [7, 11) is 0. The predicted molar refractivity (Wildman–Crippen MR) is 110 cm³/mol. The number of carbonyl (C=O) groups is 1. The van der Waals surface area contributed by atoms with Gasteiger partial charge in [0, 0.05) is 13.1 Å². The summed E-state index contributed by atoms with van der Waals surface area (Å²) in [6.07, 6.45) is 0.795.